The van der Waals surface area contributed by atoms with Crippen molar-refractivity contribution < 1.29 is 0 Å². The molecule has 2 atom stereocenters. The van der Waals surface area contributed by atoms with Crippen molar-refractivity contribution in [2.24, 2.45) is 5.41 Å². The smallest absolute Gasteiger partial charge is 0.0302 e. The second-order valence-corrected chi connectivity index (χ2v) is 5.52. The molecule has 1 saturated carbocycles. The summed E-state index contributed by atoms with van der Waals surface area (Å²) in [5.41, 5.74) is 1.87. The summed E-state index contributed by atoms with van der Waals surface area (Å²) in [6, 6.07) is 5.00. The highest BCUT2D eigenvalue weighted by Crippen LogP contribution is 2.57. The van der Waals surface area contributed by atoms with Gasteiger partial charge < -0.3 is 5.32 Å². The zero-order valence-electron chi connectivity index (χ0n) is 11.9. The molecule has 1 aliphatic rings. The van der Waals surface area contributed by atoms with Gasteiger partial charge in [-0.2, -0.15) is 0 Å². The van der Waals surface area contributed by atoms with Crippen LogP contribution in [0.5, 0.6) is 0 Å². The first kappa shape index (κ1) is 13.5. The fourth-order valence-electron chi connectivity index (χ4n) is 3.68. The topological polar surface area (TPSA) is 24.9 Å². The predicted molar refractivity (Wildman–Crippen MR) is 76.7 cm³/mol. The van der Waals surface area contributed by atoms with E-state index in [1.54, 1.807) is 0 Å². The summed E-state index contributed by atoms with van der Waals surface area (Å²) in [4.78, 5) is 4.29. The molecule has 1 aromatic rings. The molecule has 0 aromatic carbocycles. The molecule has 0 spiro atoms. The van der Waals surface area contributed by atoms with Gasteiger partial charge in [0.1, 0.15) is 0 Å². The molecule has 0 aliphatic heterocycles. The molecule has 18 heavy (non-hydrogen) atoms. The summed E-state index contributed by atoms with van der Waals surface area (Å²) in [7, 11) is 0. The van der Waals surface area contributed by atoms with Crippen LogP contribution in [0, 0.1) is 5.41 Å². The van der Waals surface area contributed by atoms with E-state index in [-0.39, 0.29) is 0 Å². The van der Waals surface area contributed by atoms with E-state index >= 15 is 0 Å². The predicted octanol–water partition coefficient (Wildman–Crippen LogP) is 3.74. The van der Waals surface area contributed by atoms with Gasteiger partial charge in [0.2, 0.25) is 0 Å². The lowest BCUT2D eigenvalue weighted by atomic mass is 9.52. The quantitative estimate of drug-likeness (QED) is 0.827. The lowest BCUT2D eigenvalue weighted by Gasteiger charge is -2.56. The molecule has 1 heterocycles. The summed E-state index contributed by atoms with van der Waals surface area (Å²) in [5.74, 6) is 0.690. The van der Waals surface area contributed by atoms with Crippen molar-refractivity contribution in [3.8, 4) is 0 Å². The van der Waals surface area contributed by atoms with Crippen LogP contribution < -0.4 is 5.32 Å². The Labute approximate surface area is 111 Å². The van der Waals surface area contributed by atoms with E-state index in [0.717, 1.165) is 6.54 Å². The number of nitrogens with zero attached hydrogens (tertiary/aromatic N) is 1. The number of hydrogen-bond donors (Lipinski definition) is 1. The number of rotatable bonds is 6. The minimum atomic E-state index is 0.443. The van der Waals surface area contributed by atoms with Crippen molar-refractivity contribution in [1.29, 1.82) is 0 Å². The fourth-order valence-corrected chi connectivity index (χ4v) is 3.68. The minimum absolute atomic E-state index is 0.443. The average molecular weight is 246 g/mol. The zero-order valence-corrected chi connectivity index (χ0v) is 11.9. The maximum absolute atomic E-state index is 4.29. The molecule has 0 bridgehead atoms. The Kier molecular flexibility index (Phi) is 4.39. The summed E-state index contributed by atoms with van der Waals surface area (Å²) in [5, 5.41) is 3.74. The first-order chi connectivity index (χ1) is 8.78. The summed E-state index contributed by atoms with van der Waals surface area (Å²) >= 11 is 0. The van der Waals surface area contributed by atoms with E-state index in [9.17, 15) is 0 Å². The first-order valence-corrected chi connectivity index (χ1v) is 7.41. The van der Waals surface area contributed by atoms with Crippen molar-refractivity contribution in [2.75, 3.05) is 6.54 Å². The molecule has 1 aliphatic carbocycles. The molecule has 2 rings (SSSR count). The van der Waals surface area contributed by atoms with Crippen molar-refractivity contribution in [2.45, 2.75) is 58.4 Å². The van der Waals surface area contributed by atoms with Crippen LogP contribution >= 0.6 is 0 Å². The Morgan fingerprint density at radius 3 is 2.67 bits per heavy atom. The molecular weight excluding hydrogens is 220 g/mol. The van der Waals surface area contributed by atoms with E-state index in [0.29, 0.717) is 17.4 Å². The van der Waals surface area contributed by atoms with Crippen LogP contribution in [-0.2, 0) is 0 Å². The Morgan fingerprint density at radius 1 is 1.33 bits per heavy atom. The number of pyridine rings is 1. The van der Waals surface area contributed by atoms with Gasteiger partial charge in [0.05, 0.1) is 0 Å². The van der Waals surface area contributed by atoms with Crippen LogP contribution in [0.2, 0.25) is 0 Å². The molecule has 2 unspecified atom stereocenters. The highest BCUT2D eigenvalue weighted by Gasteiger charge is 2.52. The SMILES string of the molecule is CCCNC1CC(c2cccnc2)C1(CC)CC. The lowest BCUT2D eigenvalue weighted by molar-refractivity contribution is 0.0200. The fraction of sp³-hybridized carbons (Fsp3) is 0.688. The molecular formula is C16H26N2. The zero-order chi connectivity index (χ0) is 13.0. The van der Waals surface area contributed by atoms with Crippen molar-refractivity contribution >= 4 is 0 Å². The molecule has 0 amide bonds. The van der Waals surface area contributed by atoms with Crippen molar-refractivity contribution in [3.05, 3.63) is 30.1 Å². The highest BCUT2D eigenvalue weighted by molar-refractivity contribution is 5.26. The molecule has 0 saturated heterocycles. The second-order valence-electron chi connectivity index (χ2n) is 5.52. The van der Waals surface area contributed by atoms with Crippen molar-refractivity contribution in [3.63, 3.8) is 0 Å². The number of aromatic nitrogens is 1. The number of hydrogen-bond acceptors (Lipinski definition) is 2. The summed E-state index contributed by atoms with van der Waals surface area (Å²) in [6.45, 7) is 8.06. The van der Waals surface area contributed by atoms with Gasteiger partial charge in [-0.25, -0.2) is 0 Å². The molecule has 1 aromatic heterocycles. The third-order valence-corrected chi connectivity index (χ3v) is 4.90. The largest absolute Gasteiger partial charge is 0.313 e. The summed E-state index contributed by atoms with van der Waals surface area (Å²) < 4.78 is 0. The number of nitrogens with one attached hydrogen (secondary N) is 1. The van der Waals surface area contributed by atoms with E-state index in [4.69, 9.17) is 0 Å². The normalized spacial score (nSPS) is 25.7. The van der Waals surface area contributed by atoms with Gasteiger partial charge in [0, 0.05) is 18.4 Å². The third-order valence-electron chi connectivity index (χ3n) is 4.90. The molecule has 2 nitrogen and oxygen atoms in total. The van der Waals surface area contributed by atoms with Gasteiger partial charge in [-0.1, -0.05) is 26.8 Å². The summed E-state index contributed by atoms with van der Waals surface area (Å²) in [6.07, 6.45) is 8.93. The van der Waals surface area contributed by atoms with Gasteiger partial charge in [-0.3, -0.25) is 4.98 Å². The van der Waals surface area contributed by atoms with Gasteiger partial charge in [-0.05, 0) is 55.2 Å². The van der Waals surface area contributed by atoms with E-state index in [1.165, 1.54) is 31.2 Å². The van der Waals surface area contributed by atoms with Gasteiger partial charge >= 0.3 is 0 Å². The average Bonchev–Trinajstić information content (AvgIpc) is 2.40. The monoisotopic (exact) mass is 246 g/mol. The Morgan fingerprint density at radius 2 is 2.11 bits per heavy atom. The van der Waals surface area contributed by atoms with Crippen LogP contribution in [0.25, 0.3) is 0 Å². The van der Waals surface area contributed by atoms with Crippen LogP contribution in [0.15, 0.2) is 24.5 Å². The second kappa shape index (κ2) is 5.83. The molecule has 1 fully saturated rings. The van der Waals surface area contributed by atoms with E-state index in [1.807, 2.05) is 6.20 Å². The minimum Gasteiger partial charge on any atom is -0.313 e. The lowest BCUT2D eigenvalue weighted by Crippen LogP contribution is -2.58. The maximum atomic E-state index is 4.29. The molecule has 0 radical (unpaired) electrons. The van der Waals surface area contributed by atoms with Crippen molar-refractivity contribution in [1.82, 2.24) is 10.3 Å². The van der Waals surface area contributed by atoms with Crippen LogP contribution in [0.1, 0.15) is 57.9 Å². The van der Waals surface area contributed by atoms with Crippen LogP contribution in [-0.4, -0.2) is 17.6 Å². The Hall–Kier alpha value is -0.890. The standard InChI is InChI=1S/C16H26N2/c1-4-9-18-15-11-14(16(15,5-2)6-3)13-8-7-10-17-12-13/h7-8,10,12,14-15,18H,4-6,9,11H2,1-3H3. The Balaban J connectivity index is 2.14. The maximum Gasteiger partial charge on any atom is 0.0302 e. The van der Waals surface area contributed by atoms with Gasteiger partial charge in [0.15, 0.2) is 0 Å². The van der Waals surface area contributed by atoms with Gasteiger partial charge in [0.25, 0.3) is 0 Å². The molecule has 100 valence electrons. The molecule has 2 heteroatoms. The van der Waals surface area contributed by atoms with Gasteiger partial charge in [-0.15, -0.1) is 0 Å². The Bertz CT molecular complexity index is 357. The first-order valence-electron chi connectivity index (χ1n) is 7.41. The van der Waals surface area contributed by atoms with Crippen LogP contribution in [0.3, 0.4) is 0 Å². The molecule has 1 N–H and O–H groups in total. The third kappa shape index (κ3) is 2.18. The van der Waals surface area contributed by atoms with E-state index < -0.39 is 0 Å². The van der Waals surface area contributed by atoms with Crippen LogP contribution in [0.4, 0.5) is 0 Å². The van der Waals surface area contributed by atoms with E-state index in [2.05, 4.69) is 49.4 Å². The highest BCUT2D eigenvalue weighted by atomic mass is 15.0.